The number of nitrogens with one attached hydrogen (secondary N) is 1. The quantitative estimate of drug-likeness (QED) is 0.606. The van der Waals surface area contributed by atoms with Gasteiger partial charge < -0.3 is 5.32 Å². The molecule has 1 N–H and O–H groups in total. The number of rotatable bonds is 5. The zero-order chi connectivity index (χ0) is 22.0. The van der Waals surface area contributed by atoms with Crippen LogP contribution in [0, 0.1) is 11.3 Å². The highest BCUT2D eigenvalue weighted by atomic mass is 35.5. The Morgan fingerprint density at radius 3 is 2.65 bits per heavy atom. The van der Waals surface area contributed by atoms with E-state index in [0.29, 0.717) is 23.7 Å². The van der Waals surface area contributed by atoms with E-state index in [1.54, 1.807) is 23.5 Å². The second-order valence-corrected chi connectivity index (χ2v) is 10.4. The van der Waals surface area contributed by atoms with Crippen LogP contribution >= 0.6 is 11.6 Å². The Morgan fingerprint density at radius 1 is 1.19 bits per heavy atom. The van der Waals surface area contributed by atoms with Gasteiger partial charge in [-0.25, -0.2) is 12.7 Å². The molecule has 0 unspecified atom stereocenters. The van der Waals surface area contributed by atoms with Crippen LogP contribution in [0.5, 0.6) is 0 Å². The first-order chi connectivity index (χ1) is 14.9. The van der Waals surface area contributed by atoms with Gasteiger partial charge in [-0.05, 0) is 72.7 Å². The topological polar surface area (TPSA) is 86.1 Å². The maximum absolute atomic E-state index is 12.1. The first kappa shape index (κ1) is 21.6. The number of piperidine rings is 1. The highest BCUT2D eigenvalue weighted by Gasteiger charge is 2.27. The second-order valence-electron chi connectivity index (χ2n) is 7.68. The van der Waals surface area contributed by atoms with Crippen LogP contribution in [0.3, 0.4) is 0 Å². The molecule has 0 radical (unpaired) electrons. The number of fused-ring (bicyclic) bond motifs is 1. The summed E-state index contributed by atoms with van der Waals surface area (Å²) in [6.07, 6.45) is 5.06. The molecule has 0 saturated carbocycles. The Labute approximate surface area is 187 Å². The van der Waals surface area contributed by atoms with Gasteiger partial charge in [0.25, 0.3) is 0 Å². The zero-order valence-corrected chi connectivity index (χ0v) is 18.7. The molecule has 6 nitrogen and oxygen atoms in total. The third-order valence-electron chi connectivity index (χ3n) is 5.69. The van der Waals surface area contributed by atoms with Crippen molar-refractivity contribution in [2.45, 2.75) is 25.8 Å². The fourth-order valence-corrected chi connectivity index (χ4v) is 5.35. The molecular weight excluding hydrogens is 432 g/mol. The van der Waals surface area contributed by atoms with Crippen LogP contribution in [0.25, 0.3) is 21.9 Å². The highest BCUT2D eigenvalue weighted by Crippen LogP contribution is 2.33. The third-order valence-corrected chi connectivity index (χ3v) is 7.79. The van der Waals surface area contributed by atoms with E-state index in [9.17, 15) is 13.7 Å². The molecule has 160 valence electrons. The van der Waals surface area contributed by atoms with Crippen LogP contribution in [0.2, 0.25) is 5.02 Å². The number of pyridine rings is 1. The number of halogens is 1. The second kappa shape index (κ2) is 8.83. The number of anilines is 1. The molecule has 0 spiro atoms. The maximum atomic E-state index is 12.1. The molecule has 1 aliphatic rings. The van der Waals surface area contributed by atoms with Crippen molar-refractivity contribution in [1.82, 2.24) is 9.29 Å². The van der Waals surface area contributed by atoms with Gasteiger partial charge in [-0.3, -0.25) is 4.98 Å². The SMILES string of the molecule is CCS(=O)(=O)N1CCC(Nc2cc(-c3cc(Cl)cc(C#N)c3)cc3ccncc23)CC1. The van der Waals surface area contributed by atoms with E-state index in [-0.39, 0.29) is 11.8 Å². The summed E-state index contributed by atoms with van der Waals surface area (Å²) in [6, 6.07) is 13.7. The number of nitrogens with zero attached hydrogens (tertiary/aromatic N) is 3. The van der Waals surface area contributed by atoms with Crippen molar-refractivity contribution in [3.63, 3.8) is 0 Å². The Balaban J connectivity index is 1.66. The van der Waals surface area contributed by atoms with E-state index in [4.69, 9.17) is 11.6 Å². The summed E-state index contributed by atoms with van der Waals surface area (Å²) < 4.78 is 25.9. The molecule has 2 aromatic carbocycles. The predicted molar refractivity (Wildman–Crippen MR) is 125 cm³/mol. The number of aromatic nitrogens is 1. The molecule has 31 heavy (non-hydrogen) atoms. The molecular formula is C23H23ClN4O2S. The van der Waals surface area contributed by atoms with Crippen LogP contribution in [-0.4, -0.2) is 42.6 Å². The smallest absolute Gasteiger partial charge is 0.213 e. The lowest BCUT2D eigenvalue weighted by molar-refractivity contribution is 0.330. The molecule has 1 aromatic heterocycles. The first-order valence-electron chi connectivity index (χ1n) is 10.2. The zero-order valence-electron chi connectivity index (χ0n) is 17.2. The average molecular weight is 455 g/mol. The van der Waals surface area contributed by atoms with Gasteiger partial charge >= 0.3 is 0 Å². The molecule has 4 rings (SSSR count). The van der Waals surface area contributed by atoms with Crippen molar-refractivity contribution in [2.24, 2.45) is 0 Å². The monoisotopic (exact) mass is 454 g/mol. The highest BCUT2D eigenvalue weighted by molar-refractivity contribution is 7.89. The molecule has 1 saturated heterocycles. The van der Waals surface area contributed by atoms with E-state index < -0.39 is 10.0 Å². The Kier molecular flexibility index (Phi) is 6.15. The minimum Gasteiger partial charge on any atom is -0.382 e. The molecule has 1 fully saturated rings. The normalized spacial score (nSPS) is 15.6. The van der Waals surface area contributed by atoms with Crippen molar-refractivity contribution in [2.75, 3.05) is 24.2 Å². The van der Waals surface area contributed by atoms with E-state index in [0.717, 1.165) is 40.4 Å². The molecule has 0 aliphatic carbocycles. The summed E-state index contributed by atoms with van der Waals surface area (Å²) >= 11 is 6.22. The molecule has 8 heteroatoms. The molecule has 0 amide bonds. The summed E-state index contributed by atoms with van der Waals surface area (Å²) in [5, 5.41) is 15.4. The van der Waals surface area contributed by atoms with E-state index in [2.05, 4.69) is 22.4 Å². The summed E-state index contributed by atoms with van der Waals surface area (Å²) in [4.78, 5) is 4.27. The largest absolute Gasteiger partial charge is 0.382 e. The van der Waals surface area contributed by atoms with Crippen molar-refractivity contribution in [1.29, 1.82) is 5.26 Å². The number of benzene rings is 2. The Morgan fingerprint density at radius 2 is 1.94 bits per heavy atom. The predicted octanol–water partition coefficient (Wildman–Crippen LogP) is 4.65. The van der Waals surface area contributed by atoms with E-state index in [1.807, 2.05) is 30.5 Å². The van der Waals surface area contributed by atoms with Gasteiger partial charge in [0.1, 0.15) is 0 Å². The molecule has 0 atom stereocenters. The summed E-state index contributed by atoms with van der Waals surface area (Å²) in [5.41, 5.74) is 3.27. The van der Waals surface area contributed by atoms with Gasteiger partial charge in [0, 0.05) is 47.6 Å². The molecule has 3 aromatic rings. The standard InChI is InChI=1S/C23H23ClN4O2S/c1-2-31(29,30)28-7-4-21(5-8-28)27-23-13-19(11-17-3-6-26-15-22(17)23)18-9-16(14-25)10-20(24)12-18/h3,6,9-13,15,21,27H,2,4-5,7-8H2,1H3. The summed E-state index contributed by atoms with van der Waals surface area (Å²) in [7, 11) is -3.15. The lowest BCUT2D eigenvalue weighted by atomic mass is 9.98. The molecule has 2 heterocycles. The molecule has 1 aliphatic heterocycles. The van der Waals surface area contributed by atoms with Crippen molar-refractivity contribution in [3.05, 3.63) is 59.4 Å². The van der Waals surface area contributed by atoms with Gasteiger partial charge in [0.15, 0.2) is 0 Å². The molecule has 0 bridgehead atoms. The van der Waals surface area contributed by atoms with Crippen molar-refractivity contribution >= 4 is 38.1 Å². The van der Waals surface area contributed by atoms with Gasteiger partial charge in [0.05, 0.1) is 17.4 Å². The summed E-state index contributed by atoms with van der Waals surface area (Å²) in [6.45, 7) is 2.71. The van der Waals surface area contributed by atoms with Crippen LogP contribution in [0.4, 0.5) is 5.69 Å². The first-order valence-corrected chi connectivity index (χ1v) is 12.2. The minimum absolute atomic E-state index is 0.133. The average Bonchev–Trinajstić information content (AvgIpc) is 2.79. The maximum Gasteiger partial charge on any atom is 0.213 e. The van der Waals surface area contributed by atoms with Gasteiger partial charge in [-0.15, -0.1) is 0 Å². The lowest BCUT2D eigenvalue weighted by Crippen LogP contribution is -2.42. The lowest BCUT2D eigenvalue weighted by Gasteiger charge is -2.32. The van der Waals surface area contributed by atoms with Crippen LogP contribution in [0.1, 0.15) is 25.3 Å². The Bertz CT molecular complexity index is 1260. The van der Waals surface area contributed by atoms with E-state index >= 15 is 0 Å². The number of nitriles is 1. The van der Waals surface area contributed by atoms with Gasteiger partial charge in [-0.1, -0.05) is 11.6 Å². The van der Waals surface area contributed by atoms with Gasteiger partial charge in [-0.2, -0.15) is 5.26 Å². The van der Waals surface area contributed by atoms with Crippen LogP contribution in [-0.2, 0) is 10.0 Å². The van der Waals surface area contributed by atoms with Crippen LogP contribution < -0.4 is 5.32 Å². The van der Waals surface area contributed by atoms with E-state index in [1.165, 1.54) is 0 Å². The van der Waals surface area contributed by atoms with Crippen molar-refractivity contribution in [3.8, 4) is 17.2 Å². The third kappa shape index (κ3) is 4.67. The van der Waals surface area contributed by atoms with Crippen LogP contribution in [0.15, 0.2) is 48.8 Å². The fraction of sp³-hybridized carbons (Fsp3) is 0.304. The van der Waals surface area contributed by atoms with Crippen molar-refractivity contribution < 1.29 is 8.42 Å². The number of sulfonamides is 1. The number of hydrogen-bond donors (Lipinski definition) is 1. The fourth-order valence-electron chi connectivity index (χ4n) is 3.99. The van der Waals surface area contributed by atoms with Gasteiger partial charge in [0.2, 0.25) is 10.0 Å². The number of hydrogen-bond acceptors (Lipinski definition) is 5. The summed E-state index contributed by atoms with van der Waals surface area (Å²) in [5.74, 6) is 0.133. The Hall–Kier alpha value is -2.66. The minimum atomic E-state index is -3.15.